The van der Waals surface area contributed by atoms with E-state index in [-0.39, 0.29) is 72.5 Å². The van der Waals surface area contributed by atoms with Crippen LogP contribution in [0.1, 0.15) is 74.5 Å². The first kappa shape index (κ1) is 35.2. The molecule has 1 aliphatic heterocycles. The zero-order valence-corrected chi connectivity index (χ0v) is 51.3. The number of benzene rings is 13. The van der Waals surface area contributed by atoms with Crippen molar-refractivity contribution in [1.29, 1.82) is 0 Å². The number of nitrogens with zero attached hydrogens (tertiary/aromatic N) is 4. The molecular formula is C90H64N4O2. The summed E-state index contributed by atoms with van der Waals surface area (Å²) < 4.78 is 275. The molecule has 17 aromatic rings. The molecule has 0 unspecified atom stereocenters. The summed E-state index contributed by atoms with van der Waals surface area (Å²) in [6.07, 6.45) is 5.32. The summed E-state index contributed by atoms with van der Waals surface area (Å²) in [5, 5.41) is 2.92. The second kappa shape index (κ2) is 22.3. The number of aryl methyl sites for hydroxylation is 2. The van der Waals surface area contributed by atoms with Crippen LogP contribution in [-0.4, -0.2) is 14.1 Å². The smallest absolute Gasteiger partial charge is 0.269 e. The lowest BCUT2D eigenvalue weighted by Gasteiger charge is -2.22. The third-order valence-corrected chi connectivity index (χ3v) is 17.6. The number of imidazole rings is 1. The van der Waals surface area contributed by atoms with Crippen molar-refractivity contribution in [3.05, 3.63) is 320 Å². The van der Waals surface area contributed by atoms with Crippen LogP contribution in [0.4, 0.5) is 0 Å². The van der Waals surface area contributed by atoms with Gasteiger partial charge in [0, 0.05) is 42.0 Å². The number of hydrogen-bond acceptors (Lipinski definition) is 3. The van der Waals surface area contributed by atoms with E-state index >= 15 is 0 Å². The number of rotatable bonds is 9. The fourth-order valence-corrected chi connectivity index (χ4v) is 13.2. The summed E-state index contributed by atoms with van der Waals surface area (Å²) in [6, 6.07) is 26.4. The minimum absolute atomic E-state index is 0.0513. The monoisotopic (exact) mass is 1260 g/mol. The molecule has 0 spiro atoms. The fourth-order valence-electron chi connectivity index (χ4n) is 13.2. The minimum Gasteiger partial charge on any atom is -0.458 e. The Labute approximate surface area is 595 Å². The SMILES string of the molecule is [2H]c1c([2H])c([2H])c(-c2c([2H])c(-c3cc4c5c(c3)n(-c3cccc(Oc6ccc7c8ccccc8n(-c8cc(C(C)(C)C)ccn8)c7c6)c3)[c-][n+]5-c3c(-c5ccc6oc7ccccc7c6c5)cc(-c5c(C([2H])([2H])[2H])cccc5C([2H])([2H])[2H])cc3-c3c([2H])c([2H])c([2H])c([2H])c3-c3c([2H])c([2H])c([2H])c([2H])c3-4)c([2H])c(-c3c([2H])c([2H])c([2H])c([2H])c3[2H])c2[2H])c([2H])c1[2H]. The second-order valence-electron chi connectivity index (χ2n) is 24.4. The molecule has 96 heavy (non-hydrogen) atoms. The third kappa shape index (κ3) is 9.47. The molecule has 0 bridgehead atoms. The van der Waals surface area contributed by atoms with Crippen LogP contribution < -0.4 is 9.30 Å². The standard InChI is InChI=1S/C90H64N4O2/c1-56-22-20-23-57(2)87(56)65-49-77(60-38-41-85-78(47-60)76-35-17-19-37-84(76)96-85)88-79(50-65)72-32-14-12-30-70(72)71-31-13-15-33-73(71)80-48-64(63-45-61(58-24-8-6-9-25-58)44-62(46-63)59-26-10-7-11-27-59)51-83-89(80)93(88)55-92(83)67-28-21-29-68(53-67)95-69-39-40-75-74-34-16-18-36-81(74)94(82(75)54-69)86-52-66(42-43-91-86)90(3,4)5/h6-54H,1-5H3/i1D3,2D3,6D,7D,8D,9D,10D,11D,12D,13D,14D,15D,24D,25D,26D,27D,30D,31D,32D,33D,44D,45D,46D. The van der Waals surface area contributed by atoms with Gasteiger partial charge < -0.3 is 9.15 Å². The van der Waals surface area contributed by atoms with Gasteiger partial charge in [-0.25, -0.2) is 4.98 Å². The fraction of sp³-hybridized carbons (Fsp3) is 0.0667. The summed E-state index contributed by atoms with van der Waals surface area (Å²) in [7, 11) is 0. The molecular weight excluding hydrogens is 1170 g/mol. The van der Waals surface area contributed by atoms with E-state index in [0.717, 1.165) is 27.4 Å². The average Bonchev–Trinajstić information content (AvgIpc) is 1.59. The lowest BCUT2D eigenvalue weighted by molar-refractivity contribution is -0.570. The molecule has 0 saturated carbocycles. The first-order chi connectivity index (χ1) is 58.2. The van der Waals surface area contributed by atoms with E-state index in [4.69, 9.17) is 30.6 Å². The van der Waals surface area contributed by atoms with Crippen LogP contribution in [-0.2, 0) is 5.41 Å². The van der Waals surface area contributed by atoms with Crippen molar-refractivity contribution in [2.75, 3.05) is 0 Å². The molecule has 5 heterocycles. The van der Waals surface area contributed by atoms with Gasteiger partial charge in [0.2, 0.25) is 0 Å². The Morgan fingerprint density at radius 1 is 0.448 bits per heavy atom. The molecule has 0 atom stereocenters. The molecule has 6 heteroatoms. The predicted molar refractivity (Wildman–Crippen MR) is 395 cm³/mol. The van der Waals surface area contributed by atoms with E-state index in [9.17, 15) is 20.6 Å². The van der Waals surface area contributed by atoms with E-state index in [1.807, 2.05) is 59.2 Å². The quantitative estimate of drug-likeness (QED) is 0.107. The summed E-state index contributed by atoms with van der Waals surface area (Å²) in [5.74, 6) is 1.14. The van der Waals surface area contributed by atoms with Crippen molar-refractivity contribution in [2.24, 2.45) is 0 Å². The normalized spacial score (nSPS) is 16.3. The van der Waals surface area contributed by atoms with E-state index < -0.39 is 202 Å². The van der Waals surface area contributed by atoms with Crippen LogP contribution in [0.3, 0.4) is 0 Å². The van der Waals surface area contributed by atoms with Gasteiger partial charge in [-0.2, -0.15) is 0 Å². The molecule has 0 aliphatic carbocycles. The van der Waals surface area contributed by atoms with E-state index in [0.29, 0.717) is 33.5 Å². The molecule has 456 valence electrons. The Balaban J connectivity index is 1.04. The highest BCUT2D eigenvalue weighted by atomic mass is 16.5. The van der Waals surface area contributed by atoms with E-state index in [1.165, 1.54) is 51.6 Å². The van der Waals surface area contributed by atoms with Crippen molar-refractivity contribution in [3.63, 3.8) is 0 Å². The Kier molecular flexibility index (Phi) is 8.18. The Bertz CT molecular complexity index is 7390. The highest BCUT2D eigenvalue weighted by Gasteiger charge is 2.30. The van der Waals surface area contributed by atoms with Crippen molar-refractivity contribution < 1.29 is 50.7 Å². The lowest BCUT2D eigenvalue weighted by atomic mass is 9.85. The zero-order chi connectivity index (χ0) is 87.6. The predicted octanol–water partition coefficient (Wildman–Crippen LogP) is 23.5. The molecule has 4 aromatic heterocycles. The molecule has 0 N–H and O–H groups in total. The van der Waals surface area contributed by atoms with Crippen LogP contribution in [0.2, 0.25) is 0 Å². The van der Waals surface area contributed by atoms with Gasteiger partial charge >= 0.3 is 0 Å². The zero-order valence-electron chi connectivity index (χ0n) is 78.3. The molecule has 13 aromatic carbocycles. The highest BCUT2D eigenvalue weighted by Crippen LogP contribution is 2.50. The Morgan fingerprint density at radius 2 is 1.05 bits per heavy atom. The average molecular weight is 1260 g/mol. The second-order valence-corrected chi connectivity index (χ2v) is 24.4. The maximum atomic E-state index is 10.6. The highest BCUT2D eigenvalue weighted by molar-refractivity contribution is 6.11. The summed E-state index contributed by atoms with van der Waals surface area (Å²) in [5.41, 5.74) is -4.83. The van der Waals surface area contributed by atoms with Crippen molar-refractivity contribution >= 4 is 54.8 Å². The van der Waals surface area contributed by atoms with Gasteiger partial charge in [-0.05, 0) is 228 Å². The molecule has 1 aliphatic rings. The number of furan rings is 1. The Hall–Kier alpha value is -12.1. The van der Waals surface area contributed by atoms with Crippen molar-refractivity contribution in [2.45, 2.75) is 39.9 Å². The summed E-state index contributed by atoms with van der Waals surface area (Å²) >= 11 is 0. The molecule has 0 fully saturated rings. The molecule has 0 radical (unpaired) electrons. The van der Waals surface area contributed by atoms with Gasteiger partial charge in [0.15, 0.2) is 0 Å². The van der Waals surface area contributed by atoms with Gasteiger partial charge in [0.1, 0.15) is 28.5 Å². The number of para-hydroxylation sites is 2. The molecule has 6 nitrogen and oxygen atoms in total. The van der Waals surface area contributed by atoms with Crippen molar-refractivity contribution in [3.8, 4) is 118 Å². The van der Waals surface area contributed by atoms with Crippen LogP contribution in [0.5, 0.6) is 11.5 Å². The topological polar surface area (TPSA) is 49.0 Å². The largest absolute Gasteiger partial charge is 0.458 e. The maximum absolute atomic E-state index is 10.6. The lowest BCUT2D eigenvalue weighted by Crippen LogP contribution is -2.32. The number of pyridine rings is 1. The molecule has 0 saturated heterocycles. The van der Waals surface area contributed by atoms with Gasteiger partial charge in [-0.15, -0.1) is 0 Å². The van der Waals surface area contributed by atoms with Crippen LogP contribution in [0.15, 0.2) is 301 Å². The van der Waals surface area contributed by atoms with E-state index in [1.54, 1.807) is 72.9 Å². The number of aromatic nitrogens is 4. The summed E-state index contributed by atoms with van der Waals surface area (Å²) in [4.78, 5) is 4.88. The minimum atomic E-state index is -3.07. The first-order valence-corrected chi connectivity index (χ1v) is 30.8. The van der Waals surface area contributed by atoms with Crippen LogP contribution in [0, 0.1) is 20.0 Å². The van der Waals surface area contributed by atoms with Gasteiger partial charge in [0.05, 0.1) is 62.2 Å². The Morgan fingerprint density at radius 3 is 1.77 bits per heavy atom. The molecule has 0 amide bonds. The van der Waals surface area contributed by atoms with E-state index in [2.05, 4.69) is 27.1 Å². The maximum Gasteiger partial charge on any atom is 0.269 e. The van der Waals surface area contributed by atoms with Gasteiger partial charge in [-0.1, -0.05) is 202 Å². The first-order valence-electron chi connectivity index (χ1n) is 44.3. The summed E-state index contributed by atoms with van der Waals surface area (Å²) in [6.45, 7) is 0.188. The van der Waals surface area contributed by atoms with Gasteiger partial charge in [-0.3, -0.25) is 13.7 Å². The third-order valence-electron chi connectivity index (χ3n) is 17.6. The van der Waals surface area contributed by atoms with Crippen molar-refractivity contribution in [1.82, 2.24) is 14.1 Å². The van der Waals surface area contributed by atoms with Crippen LogP contribution in [0.25, 0.3) is 161 Å². The number of fused-ring (bicyclic) bond motifs is 13. The molecule has 18 rings (SSSR count). The number of ether oxygens (including phenoxy) is 1. The number of hydrogen-bond donors (Lipinski definition) is 0. The van der Waals surface area contributed by atoms with Gasteiger partial charge in [0.25, 0.3) is 6.33 Å². The van der Waals surface area contributed by atoms with Crippen LogP contribution >= 0.6 is 0 Å².